The number of rotatable bonds is 8. The Kier molecular flexibility index (Phi) is 9.45. The van der Waals surface area contributed by atoms with Crippen LogP contribution in [0, 0.1) is 0 Å². The highest BCUT2D eigenvalue weighted by Gasteiger charge is 2.13. The topological polar surface area (TPSA) is 22.3 Å². The van der Waals surface area contributed by atoms with E-state index in [0.717, 1.165) is 0 Å². The molecule has 0 radical (unpaired) electrons. The van der Waals surface area contributed by atoms with E-state index in [1.807, 2.05) is 32.0 Å². The van der Waals surface area contributed by atoms with E-state index in [4.69, 9.17) is 9.47 Å². The first kappa shape index (κ1) is 19.6. The fourth-order valence-corrected chi connectivity index (χ4v) is 2.16. The third-order valence-electron chi connectivity index (χ3n) is 3.25. The van der Waals surface area contributed by atoms with E-state index >= 15 is 0 Å². The van der Waals surface area contributed by atoms with Crippen molar-refractivity contribution in [3.05, 3.63) is 66.0 Å². The summed E-state index contributed by atoms with van der Waals surface area (Å²) in [5.41, 5.74) is 2.37. The van der Waals surface area contributed by atoms with E-state index in [0.29, 0.717) is 19.8 Å². The highest BCUT2D eigenvalue weighted by atomic mass is 79.9. The molecule has 0 saturated carbocycles. The second-order valence-corrected chi connectivity index (χ2v) is 4.91. The molecule has 0 spiro atoms. The molecule has 0 aliphatic heterocycles. The minimum absolute atomic E-state index is 0. The summed E-state index contributed by atoms with van der Waals surface area (Å²) in [6.45, 7) is 5.97. The van der Waals surface area contributed by atoms with Gasteiger partial charge in [-0.15, -0.1) is 0 Å². The third-order valence-corrected chi connectivity index (χ3v) is 3.25. The molecule has 3 nitrogen and oxygen atoms in total. The molecule has 0 atom stereocenters. The molecule has 0 saturated heterocycles. The van der Waals surface area contributed by atoms with Gasteiger partial charge in [-0.3, -0.25) is 0 Å². The van der Waals surface area contributed by atoms with Gasteiger partial charge in [0.05, 0.1) is 0 Å². The van der Waals surface area contributed by atoms with E-state index < -0.39 is 0 Å². The number of hydrogen-bond donors (Lipinski definition) is 0. The zero-order valence-corrected chi connectivity index (χ0v) is 15.3. The van der Waals surface area contributed by atoms with Crippen LogP contribution < -0.4 is 21.5 Å². The van der Waals surface area contributed by atoms with Gasteiger partial charge in [-0.05, 0) is 25.0 Å². The molecule has 23 heavy (non-hydrogen) atoms. The van der Waals surface area contributed by atoms with Gasteiger partial charge in [0.1, 0.15) is 0 Å². The maximum absolute atomic E-state index is 5.56. The summed E-state index contributed by atoms with van der Waals surface area (Å²) in [5.74, 6) is 0. The van der Waals surface area contributed by atoms with E-state index in [1.165, 1.54) is 11.1 Å². The van der Waals surface area contributed by atoms with Gasteiger partial charge < -0.3 is 26.5 Å². The normalized spacial score (nSPS) is 10.9. The Hall–Kier alpha value is -1.49. The highest BCUT2D eigenvalue weighted by molar-refractivity contribution is 5.68. The minimum atomic E-state index is -0.189. The summed E-state index contributed by atoms with van der Waals surface area (Å²) in [5, 5.41) is 0. The second kappa shape index (κ2) is 11.1. The first-order valence-corrected chi connectivity index (χ1v) is 7.77. The van der Waals surface area contributed by atoms with Crippen molar-refractivity contribution in [3.8, 4) is 0 Å². The SMILES string of the molecule is CCOC(C[n+]1ccc(/C=C/c2ccccc2)cc1)OCC.[Br-]. The molecule has 2 aromatic rings. The summed E-state index contributed by atoms with van der Waals surface area (Å²) in [4.78, 5) is 0. The summed E-state index contributed by atoms with van der Waals surface area (Å²) in [6, 6.07) is 14.5. The molecule has 0 aliphatic carbocycles. The summed E-state index contributed by atoms with van der Waals surface area (Å²) >= 11 is 0. The lowest BCUT2D eigenvalue weighted by Crippen LogP contribution is -3.00. The Labute approximate surface area is 149 Å². The third kappa shape index (κ3) is 7.08. The number of nitrogens with zero attached hydrogens (tertiary/aromatic N) is 1. The van der Waals surface area contributed by atoms with Crippen molar-refractivity contribution in [1.82, 2.24) is 0 Å². The lowest BCUT2D eigenvalue weighted by atomic mass is 10.1. The second-order valence-electron chi connectivity index (χ2n) is 4.91. The lowest BCUT2D eigenvalue weighted by Gasteiger charge is -2.13. The number of benzene rings is 1. The Morgan fingerprint density at radius 1 is 0.870 bits per heavy atom. The van der Waals surface area contributed by atoms with Crippen LogP contribution in [0.3, 0.4) is 0 Å². The van der Waals surface area contributed by atoms with Crippen LogP contribution in [-0.2, 0) is 16.0 Å². The maximum atomic E-state index is 5.56. The number of ether oxygens (including phenoxy) is 2. The number of halogens is 1. The van der Waals surface area contributed by atoms with E-state index in [2.05, 4.69) is 53.4 Å². The predicted octanol–water partition coefficient (Wildman–Crippen LogP) is 0.548. The number of pyridine rings is 1. The first-order chi connectivity index (χ1) is 10.8. The van der Waals surface area contributed by atoms with Crippen LogP contribution in [0.25, 0.3) is 12.2 Å². The Morgan fingerprint density at radius 3 is 1.91 bits per heavy atom. The van der Waals surface area contributed by atoms with Crippen LogP contribution in [0.2, 0.25) is 0 Å². The molecule has 1 heterocycles. The minimum Gasteiger partial charge on any atom is -1.00 e. The van der Waals surface area contributed by atoms with Crippen molar-refractivity contribution < 1.29 is 31.0 Å². The van der Waals surface area contributed by atoms with Gasteiger partial charge in [-0.1, -0.05) is 42.5 Å². The van der Waals surface area contributed by atoms with Crippen molar-refractivity contribution in [3.63, 3.8) is 0 Å². The fraction of sp³-hybridized carbons (Fsp3) is 0.316. The van der Waals surface area contributed by atoms with Crippen molar-refractivity contribution in [2.75, 3.05) is 13.2 Å². The first-order valence-electron chi connectivity index (χ1n) is 7.77. The van der Waals surface area contributed by atoms with E-state index in [9.17, 15) is 0 Å². The highest BCUT2D eigenvalue weighted by Crippen LogP contribution is 2.06. The molecular weight excluding hydrogens is 354 g/mol. The average molecular weight is 378 g/mol. The van der Waals surface area contributed by atoms with E-state index in [1.54, 1.807) is 0 Å². The molecule has 2 rings (SSSR count). The molecule has 0 unspecified atom stereocenters. The van der Waals surface area contributed by atoms with Crippen molar-refractivity contribution in [1.29, 1.82) is 0 Å². The molecule has 124 valence electrons. The van der Waals surface area contributed by atoms with Crippen LogP contribution in [0.1, 0.15) is 25.0 Å². The van der Waals surface area contributed by atoms with Gasteiger partial charge in [0.15, 0.2) is 18.9 Å². The molecule has 4 heteroatoms. The summed E-state index contributed by atoms with van der Waals surface area (Å²) in [6.07, 6.45) is 8.14. The van der Waals surface area contributed by atoms with Gasteiger partial charge in [0.2, 0.25) is 6.29 Å². The van der Waals surface area contributed by atoms with Gasteiger partial charge in [0.25, 0.3) is 0 Å². The van der Waals surface area contributed by atoms with Crippen LogP contribution >= 0.6 is 0 Å². The van der Waals surface area contributed by atoms with Gasteiger partial charge in [-0.2, -0.15) is 4.57 Å². The van der Waals surface area contributed by atoms with Crippen molar-refractivity contribution >= 4 is 12.2 Å². The monoisotopic (exact) mass is 377 g/mol. The summed E-state index contributed by atoms with van der Waals surface area (Å²) < 4.78 is 13.2. The maximum Gasteiger partial charge on any atom is 0.217 e. The Balaban J connectivity index is 0.00000264. The fourth-order valence-electron chi connectivity index (χ4n) is 2.16. The Morgan fingerprint density at radius 2 is 1.39 bits per heavy atom. The molecule has 1 aromatic heterocycles. The number of hydrogen-bond acceptors (Lipinski definition) is 2. The molecule has 0 amide bonds. The van der Waals surface area contributed by atoms with Gasteiger partial charge in [0, 0.05) is 25.3 Å². The van der Waals surface area contributed by atoms with Crippen LogP contribution in [0.5, 0.6) is 0 Å². The number of aromatic nitrogens is 1. The smallest absolute Gasteiger partial charge is 0.217 e. The molecular formula is C19H24BrNO2. The molecule has 0 aliphatic rings. The van der Waals surface area contributed by atoms with Crippen molar-refractivity contribution in [2.45, 2.75) is 26.7 Å². The summed E-state index contributed by atoms with van der Waals surface area (Å²) in [7, 11) is 0. The van der Waals surface area contributed by atoms with Crippen LogP contribution in [0.4, 0.5) is 0 Å². The standard InChI is InChI=1S/C19H24NO2.BrH/c1-3-21-19(22-4-2)16-20-14-12-18(13-15-20)11-10-17-8-6-5-7-9-17;/h5-15,19H,3-4,16H2,1-2H3;1H/q+1;/p-1/b11-10+;. The van der Waals surface area contributed by atoms with Crippen molar-refractivity contribution in [2.24, 2.45) is 0 Å². The average Bonchev–Trinajstić information content (AvgIpc) is 2.56. The lowest BCUT2D eigenvalue weighted by molar-refractivity contribution is -0.711. The molecule has 0 N–H and O–H groups in total. The van der Waals surface area contributed by atoms with Crippen LogP contribution in [0.15, 0.2) is 54.9 Å². The van der Waals surface area contributed by atoms with E-state index in [-0.39, 0.29) is 23.3 Å². The van der Waals surface area contributed by atoms with Crippen LogP contribution in [-0.4, -0.2) is 19.5 Å². The predicted molar refractivity (Wildman–Crippen MR) is 89.0 cm³/mol. The zero-order valence-electron chi connectivity index (χ0n) is 13.7. The largest absolute Gasteiger partial charge is 1.00 e. The zero-order chi connectivity index (χ0) is 15.6. The van der Waals surface area contributed by atoms with Gasteiger partial charge >= 0.3 is 0 Å². The quantitative estimate of drug-likeness (QED) is 0.495. The molecule has 0 fully saturated rings. The molecule has 0 bridgehead atoms. The van der Waals surface area contributed by atoms with Gasteiger partial charge in [-0.25, -0.2) is 0 Å². The molecule has 1 aromatic carbocycles. The Bertz CT molecular complexity index is 564.